The summed E-state index contributed by atoms with van der Waals surface area (Å²) in [5.41, 5.74) is 1.37. The molecule has 0 amide bonds. The Hall–Kier alpha value is -0.910. The van der Waals surface area contributed by atoms with Crippen LogP contribution in [0.4, 0.5) is 0 Å². The van der Waals surface area contributed by atoms with E-state index in [1.807, 2.05) is 6.07 Å². The monoisotopic (exact) mass is 309 g/mol. The number of likely N-dealkylation sites (tertiary alicyclic amines) is 1. The third-order valence-corrected chi connectivity index (χ3v) is 6.48. The number of benzene rings is 1. The number of sulfone groups is 1. The van der Waals surface area contributed by atoms with E-state index in [4.69, 9.17) is 0 Å². The zero-order valence-corrected chi connectivity index (χ0v) is 13.0. The lowest BCUT2D eigenvalue weighted by atomic mass is 9.89. The SMILES string of the molecule is O=S1(=O)C[C@@H](N2CCC(Cc3ccccc3)CC2)[C@@H](O)C1. The highest BCUT2D eigenvalue weighted by Gasteiger charge is 2.40. The third-order valence-electron chi connectivity index (χ3n) is 4.78. The number of nitrogens with zero attached hydrogens (tertiary/aromatic N) is 1. The van der Waals surface area contributed by atoms with Crippen LogP contribution in [0.1, 0.15) is 18.4 Å². The van der Waals surface area contributed by atoms with Gasteiger partial charge in [0.15, 0.2) is 9.84 Å². The van der Waals surface area contributed by atoms with Crippen molar-refractivity contribution in [1.29, 1.82) is 0 Å². The normalized spacial score (nSPS) is 30.5. The predicted octanol–water partition coefficient (Wildman–Crippen LogP) is 1.10. The molecule has 2 heterocycles. The molecule has 0 spiro atoms. The highest BCUT2D eigenvalue weighted by molar-refractivity contribution is 7.91. The Morgan fingerprint density at radius 3 is 2.33 bits per heavy atom. The van der Waals surface area contributed by atoms with Crippen LogP contribution in [0.25, 0.3) is 0 Å². The summed E-state index contributed by atoms with van der Waals surface area (Å²) in [5.74, 6) is 0.720. The minimum Gasteiger partial charge on any atom is -0.390 e. The Bertz CT molecular complexity index is 564. The van der Waals surface area contributed by atoms with Gasteiger partial charge in [-0.15, -0.1) is 0 Å². The standard InChI is InChI=1S/C16H23NO3S/c18-16-12-21(19,20)11-15(16)17-8-6-14(7-9-17)10-13-4-2-1-3-5-13/h1-5,14-16,18H,6-12H2/t15-,16+/m1/s1. The second kappa shape index (κ2) is 6.07. The number of rotatable bonds is 3. The van der Waals surface area contributed by atoms with Crippen molar-refractivity contribution in [2.24, 2.45) is 5.92 Å². The second-order valence-electron chi connectivity index (χ2n) is 6.38. The summed E-state index contributed by atoms with van der Waals surface area (Å²) in [6.07, 6.45) is 2.55. The molecule has 1 aromatic carbocycles. The molecule has 2 saturated heterocycles. The Balaban J connectivity index is 1.54. The number of aliphatic hydroxyl groups is 1. The zero-order chi connectivity index (χ0) is 14.9. The van der Waals surface area contributed by atoms with Crippen molar-refractivity contribution in [1.82, 2.24) is 4.90 Å². The van der Waals surface area contributed by atoms with Crippen molar-refractivity contribution in [3.8, 4) is 0 Å². The van der Waals surface area contributed by atoms with Gasteiger partial charge in [-0.1, -0.05) is 30.3 Å². The fourth-order valence-electron chi connectivity index (χ4n) is 3.60. The maximum atomic E-state index is 11.6. The number of piperidine rings is 1. The van der Waals surface area contributed by atoms with E-state index < -0.39 is 15.9 Å². The smallest absolute Gasteiger partial charge is 0.154 e. The Labute approximate surface area is 126 Å². The van der Waals surface area contributed by atoms with E-state index in [-0.39, 0.29) is 17.5 Å². The summed E-state index contributed by atoms with van der Waals surface area (Å²) < 4.78 is 23.2. The van der Waals surface area contributed by atoms with Gasteiger partial charge in [0.25, 0.3) is 0 Å². The van der Waals surface area contributed by atoms with Gasteiger partial charge in [-0.05, 0) is 43.8 Å². The Morgan fingerprint density at radius 1 is 1.10 bits per heavy atom. The predicted molar refractivity (Wildman–Crippen MR) is 82.9 cm³/mol. The van der Waals surface area contributed by atoms with E-state index in [2.05, 4.69) is 29.2 Å². The first-order valence-corrected chi connectivity index (χ1v) is 9.52. The van der Waals surface area contributed by atoms with Crippen LogP contribution in [0.5, 0.6) is 0 Å². The Kier molecular flexibility index (Phi) is 4.33. The molecule has 5 heteroatoms. The van der Waals surface area contributed by atoms with Crippen LogP contribution >= 0.6 is 0 Å². The van der Waals surface area contributed by atoms with Crippen molar-refractivity contribution < 1.29 is 13.5 Å². The summed E-state index contributed by atoms with van der Waals surface area (Å²) in [6, 6.07) is 10.3. The van der Waals surface area contributed by atoms with Crippen LogP contribution in [0, 0.1) is 5.92 Å². The molecule has 3 rings (SSSR count). The van der Waals surface area contributed by atoms with Gasteiger partial charge in [0, 0.05) is 0 Å². The topological polar surface area (TPSA) is 57.6 Å². The molecule has 1 N–H and O–H groups in total. The fraction of sp³-hybridized carbons (Fsp3) is 0.625. The maximum Gasteiger partial charge on any atom is 0.154 e. The van der Waals surface area contributed by atoms with Gasteiger partial charge in [-0.25, -0.2) is 8.42 Å². The van der Waals surface area contributed by atoms with E-state index in [0.29, 0.717) is 5.92 Å². The van der Waals surface area contributed by atoms with Crippen LogP contribution in [0.15, 0.2) is 30.3 Å². The van der Waals surface area contributed by atoms with Crippen LogP contribution in [0.2, 0.25) is 0 Å². The van der Waals surface area contributed by atoms with Crippen LogP contribution in [-0.2, 0) is 16.3 Å². The zero-order valence-electron chi connectivity index (χ0n) is 12.2. The van der Waals surface area contributed by atoms with Crippen molar-refractivity contribution in [2.75, 3.05) is 24.6 Å². The van der Waals surface area contributed by atoms with Crippen molar-refractivity contribution in [3.05, 3.63) is 35.9 Å². The molecule has 1 aromatic rings. The molecule has 0 radical (unpaired) electrons. The molecular formula is C16H23NO3S. The van der Waals surface area contributed by atoms with Crippen molar-refractivity contribution in [2.45, 2.75) is 31.4 Å². The largest absolute Gasteiger partial charge is 0.390 e. The Morgan fingerprint density at radius 2 is 1.76 bits per heavy atom. The second-order valence-corrected chi connectivity index (χ2v) is 8.53. The van der Waals surface area contributed by atoms with E-state index in [1.54, 1.807) is 0 Å². The summed E-state index contributed by atoms with van der Waals surface area (Å²) in [7, 11) is -3.05. The molecule has 0 unspecified atom stereocenters. The number of hydrogen-bond donors (Lipinski definition) is 1. The molecule has 2 aliphatic rings. The molecule has 2 aliphatic heterocycles. The van der Waals surface area contributed by atoms with Crippen molar-refractivity contribution in [3.63, 3.8) is 0 Å². The first-order valence-electron chi connectivity index (χ1n) is 7.70. The van der Waals surface area contributed by atoms with Crippen molar-refractivity contribution >= 4 is 9.84 Å². The number of aliphatic hydroxyl groups excluding tert-OH is 1. The van der Waals surface area contributed by atoms with Gasteiger partial charge in [0.05, 0.1) is 23.7 Å². The molecule has 0 aromatic heterocycles. The van der Waals surface area contributed by atoms with Crippen LogP contribution in [0.3, 0.4) is 0 Å². The van der Waals surface area contributed by atoms with Gasteiger partial charge in [0.2, 0.25) is 0 Å². The quantitative estimate of drug-likeness (QED) is 0.908. The van der Waals surface area contributed by atoms with Crippen LogP contribution < -0.4 is 0 Å². The molecule has 0 saturated carbocycles. The highest BCUT2D eigenvalue weighted by Crippen LogP contribution is 2.26. The summed E-state index contributed by atoms with van der Waals surface area (Å²) >= 11 is 0. The molecule has 116 valence electrons. The molecule has 4 nitrogen and oxygen atoms in total. The lowest BCUT2D eigenvalue weighted by Gasteiger charge is -2.36. The van der Waals surface area contributed by atoms with E-state index in [1.165, 1.54) is 5.56 Å². The molecule has 0 bridgehead atoms. The average molecular weight is 309 g/mol. The first-order chi connectivity index (χ1) is 10.0. The van der Waals surface area contributed by atoms with Crippen LogP contribution in [-0.4, -0.2) is 55.2 Å². The van der Waals surface area contributed by atoms with Gasteiger partial charge in [0.1, 0.15) is 0 Å². The number of hydrogen-bond acceptors (Lipinski definition) is 4. The summed E-state index contributed by atoms with van der Waals surface area (Å²) in [6.45, 7) is 1.80. The lowest BCUT2D eigenvalue weighted by molar-refractivity contribution is 0.0587. The average Bonchev–Trinajstić information content (AvgIpc) is 2.74. The maximum absolute atomic E-state index is 11.6. The van der Waals surface area contributed by atoms with Gasteiger partial charge in [-0.2, -0.15) is 0 Å². The van der Waals surface area contributed by atoms with E-state index in [0.717, 1.165) is 32.4 Å². The third kappa shape index (κ3) is 3.65. The molecule has 2 fully saturated rings. The minimum atomic E-state index is -3.05. The van der Waals surface area contributed by atoms with Gasteiger partial charge >= 0.3 is 0 Å². The minimum absolute atomic E-state index is 0.0678. The van der Waals surface area contributed by atoms with Gasteiger partial charge in [-0.3, -0.25) is 4.90 Å². The van der Waals surface area contributed by atoms with E-state index in [9.17, 15) is 13.5 Å². The molecular weight excluding hydrogens is 286 g/mol. The highest BCUT2D eigenvalue weighted by atomic mass is 32.2. The molecule has 2 atom stereocenters. The first kappa shape index (κ1) is 15.0. The molecule has 0 aliphatic carbocycles. The summed E-state index contributed by atoms with van der Waals surface area (Å²) in [5, 5.41) is 9.96. The van der Waals surface area contributed by atoms with E-state index >= 15 is 0 Å². The fourth-order valence-corrected chi connectivity index (χ4v) is 5.43. The lowest BCUT2D eigenvalue weighted by Crippen LogP contribution is -2.47. The summed E-state index contributed by atoms with van der Waals surface area (Å²) in [4.78, 5) is 2.18. The van der Waals surface area contributed by atoms with Gasteiger partial charge < -0.3 is 5.11 Å². The molecule has 21 heavy (non-hydrogen) atoms.